The molecule has 3 nitrogen and oxygen atoms in total. The fraction of sp³-hybridized carbons (Fsp3) is 0.500. The average molecular weight is 285 g/mol. The molecule has 2 aliphatic heterocycles. The Kier molecular flexibility index (Phi) is 4.39. The van der Waals surface area contributed by atoms with Crippen molar-refractivity contribution in [3.8, 4) is 0 Å². The first-order valence-electron chi connectivity index (χ1n) is 7.83. The van der Waals surface area contributed by atoms with Gasteiger partial charge in [0, 0.05) is 24.7 Å². The number of carbonyl (C=O) groups is 1. The molecule has 0 amide bonds. The number of benzene rings is 1. The van der Waals surface area contributed by atoms with E-state index in [9.17, 15) is 4.79 Å². The second-order valence-corrected chi connectivity index (χ2v) is 6.13. The minimum Gasteiger partial charge on any atom is -0.466 e. The topological polar surface area (TPSA) is 29.5 Å². The second-order valence-electron chi connectivity index (χ2n) is 6.13. The van der Waals surface area contributed by atoms with E-state index in [1.54, 1.807) is 6.08 Å². The molecule has 0 aromatic heterocycles. The van der Waals surface area contributed by atoms with Gasteiger partial charge in [0.15, 0.2) is 0 Å². The van der Waals surface area contributed by atoms with Gasteiger partial charge in [0.25, 0.3) is 0 Å². The van der Waals surface area contributed by atoms with Crippen molar-refractivity contribution < 1.29 is 9.53 Å². The van der Waals surface area contributed by atoms with Crippen molar-refractivity contribution in [1.29, 1.82) is 0 Å². The first-order valence-corrected chi connectivity index (χ1v) is 7.83. The molecule has 0 radical (unpaired) electrons. The van der Waals surface area contributed by atoms with E-state index in [0.717, 1.165) is 19.4 Å². The Bertz CT molecular complexity index is 507. The summed E-state index contributed by atoms with van der Waals surface area (Å²) >= 11 is 0. The molecule has 3 rings (SSSR count). The third-order valence-electron chi connectivity index (χ3n) is 4.74. The summed E-state index contributed by atoms with van der Waals surface area (Å²) in [5.74, 6) is -0.209. The van der Waals surface area contributed by atoms with E-state index >= 15 is 0 Å². The molecule has 0 spiro atoms. The van der Waals surface area contributed by atoms with Crippen LogP contribution in [0.5, 0.6) is 0 Å². The smallest absolute Gasteiger partial charge is 0.330 e. The van der Waals surface area contributed by atoms with Crippen LogP contribution >= 0.6 is 0 Å². The van der Waals surface area contributed by atoms with Crippen LogP contribution in [0, 0.1) is 0 Å². The molecule has 1 aromatic carbocycles. The van der Waals surface area contributed by atoms with Gasteiger partial charge in [-0.3, -0.25) is 4.90 Å². The lowest BCUT2D eigenvalue weighted by molar-refractivity contribution is -0.134. The van der Waals surface area contributed by atoms with Gasteiger partial charge in [-0.25, -0.2) is 4.79 Å². The van der Waals surface area contributed by atoms with Gasteiger partial charge in [-0.15, -0.1) is 0 Å². The Morgan fingerprint density at radius 1 is 1.24 bits per heavy atom. The standard InChI is InChI=1S/C18H23NO2/c1-21-18(20)12-15-10-16-8-5-9-17(11-15)19(16)13-14-6-3-2-4-7-14/h2-4,6-7,12,16-17H,5,8-11,13H2,1H3. The van der Waals surface area contributed by atoms with Gasteiger partial charge in [0.2, 0.25) is 0 Å². The van der Waals surface area contributed by atoms with Gasteiger partial charge in [-0.05, 0) is 31.2 Å². The Morgan fingerprint density at radius 2 is 1.90 bits per heavy atom. The zero-order valence-electron chi connectivity index (χ0n) is 12.6. The normalized spacial score (nSPS) is 25.5. The van der Waals surface area contributed by atoms with Gasteiger partial charge < -0.3 is 4.74 Å². The number of nitrogens with zero attached hydrogens (tertiary/aromatic N) is 1. The van der Waals surface area contributed by atoms with E-state index in [1.807, 2.05) is 0 Å². The summed E-state index contributed by atoms with van der Waals surface area (Å²) < 4.78 is 4.77. The molecule has 2 unspecified atom stereocenters. The molecule has 112 valence electrons. The summed E-state index contributed by atoms with van der Waals surface area (Å²) in [6.07, 6.45) is 7.53. The number of hydrogen-bond acceptors (Lipinski definition) is 3. The fourth-order valence-electron chi connectivity index (χ4n) is 3.74. The van der Waals surface area contributed by atoms with Crippen LogP contribution < -0.4 is 0 Å². The van der Waals surface area contributed by atoms with Crippen LogP contribution in [-0.2, 0) is 16.1 Å². The van der Waals surface area contributed by atoms with Crippen molar-refractivity contribution in [2.75, 3.05) is 7.11 Å². The fourth-order valence-corrected chi connectivity index (χ4v) is 3.74. The van der Waals surface area contributed by atoms with Crippen LogP contribution in [0.15, 0.2) is 42.0 Å². The molecule has 0 aliphatic carbocycles. The molecule has 2 saturated heterocycles. The number of hydrogen-bond donors (Lipinski definition) is 0. The van der Waals surface area contributed by atoms with Gasteiger partial charge >= 0.3 is 5.97 Å². The zero-order valence-corrected chi connectivity index (χ0v) is 12.6. The second kappa shape index (κ2) is 6.44. The maximum absolute atomic E-state index is 11.5. The van der Waals surface area contributed by atoms with Crippen molar-refractivity contribution in [3.05, 3.63) is 47.5 Å². The zero-order chi connectivity index (χ0) is 14.7. The number of ether oxygens (including phenoxy) is 1. The van der Waals surface area contributed by atoms with E-state index in [4.69, 9.17) is 4.74 Å². The molecule has 2 atom stereocenters. The Morgan fingerprint density at radius 3 is 2.52 bits per heavy atom. The highest BCUT2D eigenvalue weighted by atomic mass is 16.5. The van der Waals surface area contributed by atoms with E-state index in [2.05, 4.69) is 35.2 Å². The maximum atomic E-state index is 11.5. The summed E-state index contributed by atoms with van der Waals surface area (Å²) in [6, 6.07) is 11.8. The van der Waals surface area contributed by atoms with Gasteiger partial charge in [0.05, 0.1) is 7.11 Å². The monoisotopic (exact) mass is 285 g/mol. The third kappa shape index (κ3) is 3.35. The molecule has 1 aromatic rings. The number of methoxy groups -OCH3 is 1. The van der Waals surface area contributed by atoms with Gasteiger partial charge in [-0.1, -0.05) is 42.3 Å². The summed E-state index contributed by atoms with van der Waals surface area (Å²) in [5, 5.41) is 0. The van der Waals surface area contributed by atoms with Crippen molar-refractivity contribution in [1.82, 2.24) is 4.90 Å². The van der Waals surface area contributed by atoms with Crippen LogP contribution in [-0.4, -0.2) is 30.1 Å². The minimum atomic E-state index is -0.209. The Labute approximate surface area is 126 Å². The minimum absolute atomic E-state index is 0.209. The maximum Gasteiger partial charge on any atom is 0.330 e. The molecule has 2 heterocycles. The molecule has 2 fully saturated rings. The third-order valence-corrected chi connectivity index (χ3v) is 4.74. The van der Waals surface area contributed by atoms with E-state index < -0.39 is 0 Å². The van der Waals surface area contributed by atoms with Crippen LogP contribution in [0.25, 0.3) is 0 Å². The van der Waals surface area contributed by atoms with Crippen molar-refractivity contribution >= 4 is 5.97 Å². The predicted molar refractivity (Wildman–Crippen MR) is 82.7 cm³/mol. The number of esters is 1. The van der Waals surface area contributed by atoms with Crippen LogP contribution in [0.3, 0.4) is 0 Å². The van der Waals surface area contributed by atoms with Crippen LogP contribution in [0.4, 0.5) is 0 Å². The molecule has 0 N–H and O–H groups in total. The lowest BCUT2D eigenvalue weighted by Crippen LogP contribution is -2.49. The van der Waals surface area contributed by atoms with Crippen LogP contribution in [0.2, 0.25) is 0 Å². The highest BCUT2D eigenvalue weighted by molar-refractivity contribution is 5.82. The molecule has 3 heteroatoms. The Balaban J connectivity index is 1.73. The lowest BCUT2D eigenvalue weighted by Gasteiger charge is -2.47. The van der Waals surface area contributed by atoms with Crippen LogP contribution in [0.1, 0.15) is 37.7 Å². The molecule has 0 saturated carbocycles. The highest BCUT2D eigenvalue weighted by Crippen LogP contribution is 2.37. The number of carbonyl (C=O) groups excluding carboxylic acids is 1. The van der Waals surface area contributed by atoms with Gasteiger partial charge in [-0.2, -0.15) is 0 Å². The summed E-state index contributed by atoms with van der Waals surface area (Å²) in [4.78, 5) is 14.1. The molecule has 21 heavy (non-hydrogen) atoms. The Hall–Kier alpha value is -1.61. The molecular formula is C18H23NO2. The van der Waals surface area contributed by atoms with Crippen molar-refractivity contribution in [2.24, 2.45) is 0 Å². The number of fused-ring (bicyclic) bond motifs is 2. The average Bonchev–Trinajstić information content (AvgIpc) is 2.49. The largest absolute Gasteiger partial charge is 0.466 e. The lowest BCUT2D eigenvalue weighted by atomic mass is 9.81. The molecule has 2 bridgehead atoms. The number of piperidine rings is 2. The SMILES string of the molecule is COC(=O)C=C1CC2CCCC(C1)N2Cc1ccccc1. The van der Waals surface area contributed by atoms with E-state index in [0.29, 0.717) is 12.1 Å². The first-order chi connectivity index (χ1) is 10.3. The number of rotatable bonds is 3. The summed E-state index contributed by atoms with van der Waals surface area (Å²) in [7, 11) is 1.45. The van der Waals surface area contributed by atoms with Crippen molar-refractivity contribution in [3.63, 3.8) is 0 Å². The van der Waals surface area contributed by atoms with E-state index in [-0.39, 0.29) is 5.97 Å². The molecular weight excluding hydrogens is 262 g/mol. The van der Waals surface area contributed by atoms with E-state index in [1.165, 1.54) is 37.5 Å². The highest BCUT2D eigenvalue weighted by Gasteiger charge is 2.35. The quantitative estimate of drug-likeness (QED) is 0.630. The summed E-state index contributed by atoms with van der Waals surface area (Å²) in [5.41, 5.74) is 2.65. The first kappa shape index (κ1) is 14.3. The van der Waals surface area contributed by atoms with Crippen molar-refractivity contribution in [2.45, 2.75) is 50.7 Å². The summed E-state index contributed by atoms with van der Waals surface area (Å²) in [6.45, 7) is 1.03. The molecule has 2 aliphatic rings. The predicted octanol–water partition coefficient (Wildman–Crippen LogP) is 3.30. The van der Waals surface area contributed by atoms with Gasteiger partial charge in [0.1, 0.15) is 0 Å².